The quantitative estimate of drug-likeness (QED) is 0.456. The zero-order valence-electron chi connectivity index (χ0n) is 21.5. The third kappa shape index (κ3) is 4.33. The molecule has 1 heterocycles. The number of carbonyl (C=O) groups excluding carboxylic acids is 2. The van der Waals surface area contributed by atoms with E-state index < -0.39 is 11.3 Å². The zero-order chi connectivity index (χ0) is 26.2. The second kappa shape index (κ2) is 9.89. The fourth-order valence-corrected chi connectivity index (χ4v) is 6.53. The number of rotatable bonds is 5. The Labute approximate surface area is 217 Å². The predicted octanol–water partition coefficient (Wildman–Crippen LogP) is 5.15. The molecule has 0 bridgehead atoms. The lowest BCUT2D eigenvalue weighted by molar-refractivity contribution is -0.140. The summed E-state index contributed by atoms with van der Waals surface area (Å²) in [6.07, 6.45) is 2.67. The number of benzene rings is 2. The van der Waals surface area contributed by atoms with Gasteiger partial charge in [0.25, 0.3) is 0 Å². The summed E-state index contributed by atoms with van der Waals surface area (Å²) in [5, 5.41) is 9.97. The fraction of sp³-hybridized carbons (Fsp3) is 0.387. The van der Waals surface area contributed by atoms with Crippen molar-refractivity contribution < 1.29 is 14.3 Å². The van der Waals surface area contributed by atoms with Crippen LogP contribution in [0.25, 0.3) is 11.3 Å². The minimum Gasteiger partial charge on any atom is -0.466 e. The molecule has 37 heavy (non-hydrogen) atoms. The summed E-state index contributed by atoms with van der Waals surface area (Å²) < 4.78 is 5.14. The van der Waals surface area contributed by atoms with Crippen molar-refractivity contribution in [3.63, 3.8) is 0 Å². The van der Waals surface area contributed by atoms with Gasteiger partial charge in [-0.25, -0.2) is 9.97 Å². The molecule has 6 nitrogen and oxygen atoms in total. The van der Waals surface area contributed by atoms with Crippen LogP contribution in [0.15, 0.2) is 54.6 Å². The maximum Gasteiger partial charge on any atom is 0.302 e. The van der Waals surface area contributed by atoms with E-state index in [9.17, 15) is 14.9 Å². The molecular formula is C31H31N3O3. The Bertz CT molecular complexity index is 1390. The number of nitrogens with zero attached hydrogens (tertiary/aromatic N) is 3. The summed E-state index contributed by atoms with van der Waals surface area (Å²) in [7, 11) is 0. The summed E-state index contributed by atoms with van der Waals surface area (Å²) in [5.41, 5.74) is 5.61. The van der Waals surface area contributed by atoms with Crippen LogP contribution < -0.4 is 0 Å². The molecule has 5 rings (SSSR count). The van der Waals surface area contributed by atoms with E-state index in [0.29, 0.717) is 25.3 Å². The maximum absolute atomic E-state index is 13.1. The summed E-state index contributed by atoms with van der Waals surface area (Å²) in [6.45, 7) is 5.65. The van der Waals surface area contributed by atoms with E-state index >= 15 is 0 Å². The molecular weight excluding hydrogens is 462 g/mol. The molecule has 188 valence electrons. The lowest BCUT2D eigenvalue weighted by Gasteiger charge is -2.51. The Morgan fingerprint density at radius 1 is 1.16 bits per heavy atom. The van der Waals surface area contributed by atoms with Gasteiger partial charge in [0.15, 0.2) is 5.78 Å². The number of aromatic nitrogens is 2. The summed E-state index contributed by atoms with van der Waals surface area (Å²) in [6, 6.07) is 20.8. The first-order valence-electron chi connectivity index (χ1n) is 12.9. The molecule has 0 amide bonds. The third-order valence-corrected chi connectivity index (χ3v) is 8.14. The Balaban J connectivity index is 1.68. The lowest BCUT2D eigenvalue weighted by Crippen LogP contribution is -2.53. The van der Waals surface area contributed by atoms with Crippen LogP contribution in [0.5, 0.6) is 0 Å². The van der Waals surface area contributed by atoms with Crippen LogP contribution in [-0.2, 0) is 32.6 Å². The van der Waals surface area contributed by atoms with Gasteiger partial charge in [0.1, 0.15) is 11.7 Å². The van der Waals surface area contributed by atoms with E-state index in [2.05, 4.69) is 30.3 Å². The van der Waals surface area contributed by atoms with Gasteiger partial charge in [-0.15, -0.1) is 0 Å². The van der Waals surface area contributed by atoms with Crippen molar-refractivity contribution in [1.82, 2.24) is 9.97 Å². The SMILES string of the molecule is CC(=O)OCCc1cccc(-c2nc(C)nc3c2CC[C@H]2[C@H](C)C(=O)C(C#N)C[C@]32c2ccccc2)c1. The number of hydrogen-bond donors (Lipinski definition) is 0. The number of ether oxygens (including phenoxy) is 1. The van der Waals surface area contributed by atoms with Gasteiger partial charge in [0.2, 0.25) is 0 Å². The molecule has 4 atom stereocenters. The molecule has 2 aliphatic carbocycles. The smallest absolute Gasteiger partial charge is 0.302 e. The number of esters is 1. The standard InChI is InChI=1S/C31H31N3O3/c1-19-27-13-12-26-28(23-9-7-8-22(16-23)14-15-37-21(3)35)33-20(2)34-30(26)31(27,17-24(18-32)29(19)36)25-10-5-4-6-11-25/h4-11,16,19,24,27H,12-15,17H2,1-3H3/t19-,24?,27-,31+/m0/s1. The van der Waals surface area contributed by atoms with Crippen LogP contribution in [0.3, 0.4) is 0 Å². The van der Waals surface area contributed by atoms with Crippen LogP contribution in [0.2, 0.25) is 0 Å². The Hall–Kier alpha value is -3.85. The lowest BCUT2D eigenvalue weighted by atomic mass is 9.50. The molecule has 3 aromatic rings. The monoisotopic (exact) mass is 493 g/mol. The van der Waals surface area contributed by atoms with Gasteiger partial charge in [0.05, 0.1) is 24.1 Å². The second-order valence-electron chi connectivity index (χ2n) is 10.3. The third-order valence-electron chi connectivity index (χ3n) is 8.14. The van der Waals surface area contributed by atoms with Crippen LogP contribution in [0.1, 0.15) is 54.9 Å². The van der Waals surface area contributed by atoms with Crippen molar-refractivity contribution in [3.05, 3.63) is 82.8 Å². The normalized spacial score (nSPS) is 24.5. The number of nitriles is 1. The van der Waals surface area contributed by atoms with Gasteiger partial charge in [-0.1, -0.05) is 55.5 Å². The summed E-state index contributed by atoms with van der Waals surface area (Å²) >= 11 is 0. The number of aryl methyl sites for hydroxylation is 1. The Morgan fingerprint density at radius 2 is 1.95 bits per heavy atom. The predicted molar refractivity (Wildman–Crippen MR) is 139 cm³/mol. The van der Waals surface area contributed by atoms with E-state index in [1.165, 1.54) is 6.92 Å². The molecule has 2 aliphatic rings. The average molecular weight is 494 g/mol. The molecule has 1 saturated carbocycles. The van der Waals surface area contributed by atoms with Gasteiger partial charge in [-0.05, 0) is 49.3 Å². The highest BCUT2D eigenvalue weighted by Gasteiger charge is 2.56. The number of ketones is 1. The van der Waals surface area contributed by atoms with E-state index in [4.69, 9.17) is 14.7 Å². The molecule has 0 radical (unpaired) electrons. The number of hydrogen-bond acceptors (Lipinski definition) is 6. The van der Waals surface area contributed by atoms with Crippen LogP contribution in [0.4, 0.5) is 0 Å². The molecule has 0 N–H and O–H groups in total. The van der Waals surface area contributed by atoms with Crippen molar-refractivity contribution in [3.8, 4) is 17.3 Å². The average Bonchev–Trinajstić information content (AvgIpc) is 2.90. The van der Waals surface area contributed by atoms with Crippen molar-refractivity contribution in [1.29, 1.82) is 5.26 Å². The first-order valence-corrected chi connectivity index (χ1v) is 12.9. The maximum atomic E-state index is 13.1. The molecule has 1 unspecified atom stereocenters. The van der Waals surface area contributed by atoms with Crippen LogP contribution in [0, 0.1) is 36.0 Å². The first kappa shape index (κ1) is 24.8. The molecule has 0 saturated heterocycles. The zero-order valence-corrected chi connectivity index (χ0v) is 21.5. The first-order chi connectivity index (χ1) is 17.8. The summed E-state index contributed by atoms with van der Waals surface area (Å²) in [5.74, 6) is -0.386. The van der Waals surface area contributed by atoms with E-state index in [0.717, 1.165) is 46.5 Å². The van der Waals surface area contributed by atoms with Crippen molar-refractivity contribution >= 4 is 11.8 Å². The van der Waals surface area contributed by atoms with Crippen LogP contribution >= 0.6 is 0 Å². The van der Waals surface area contributed by atoms with E-state index in [1.807, 2.05) is 44.2 Å². The number of Topliss-reactive ketones (excluding diaryl/α,β-unsaturated/α-hetero) is 1. The molecule has 0 spiro atoms. The van der Waals surface area contributed by atoms with Gasteiger partial charge < -0.3 is 4.74 Å². The van der Waals surface area contributed by atoms with Gasteiger partial charge in [-0.2, -0.15) is 5.26 Å². The van der Waals surface area contributed by atoms with Crippen molar-refractivity contribution in [2.75, 3.05) is 6.61 Å². The fourth-order valence-electron chi connectivity index (χ4n) is 6.53. The van der Waals surface area contributed by atoms with E-state index in [1.54, 1.807) is 0 Å². The molecule has 1 aromatic heterocycles. The number of fused-ring (bicyclic) bond motifs is 3. The molecule has 0 aliphatic heterocycles. The molecule has 6 heteroatoms. The largest absolute Gasteiger partial charge is 0.466 e. The van der Waals surface area contributed by atoms with Crippen molar-refractivity contribution in [2.24, 2.45) is 17.8 Å². The topological polar surface area (TPSA) is 92.9 Å². The van der Waals surface area contributed by atoms with E-state index in [-0.39, 0.29) is 23.6 Å². The highest BCUT2D eigenvalue weighted by Crippen LogP contribution is 2.56. The summed E-state index contributed by atoms with van der Waals surface area (Å²) in [4.78, 5) is 34.3. The minimum atomic E-state index is -0.666. The minimum absolute atomic E-state index is 0.0500. The highest BCUT2D eigenvalue weighted by atomic mass is 16.5. The van der Waals surface area contributed by atoms with Gasteiger partial charge >= 0.3 is 5.97 Å². The van der Waals surface area contributed by atoms with Gasteiger partial charge in [-0.3, -0.25) is 9.59 Å². The van der Waals surface area contributed by atoms with Crippen LogP contribution in [-0.4, -0.2) is 28.3 Å². The highest BCUT2D eigenvalue weighted by molar-refractivity contribution is 5.87. The van der Waals surface area contributed by atoms with Gasteiger partial charge in [0, 0.05) is 35.8 Å². The number of carbonyl (C=O) groups is 2. The van der Waals surface area contributed by atoms with Crippen molar-refractivity contribution in [2.45, 2.75) is 51.9 Å². The molecule has 2 aromatic carbocycles. The Morgan fingerprint density at radius 3 is 2.68 bits per heavy atom. The second-order valence-corrected chi connectivity index (χ2v) is 10.3. The Kier molecular flexibility index (Phi) is 6.64. The molecule has 1 fully saturated rings.